The van der Waals surface area contributed by atoms with Gasteiger partial charge in [-0.25, -0.2) is 13.2 Å². The summed E-state index contributed by atoms with van der Waals surface area (Å²) in [7, 11) is 0. The van der Waals surface area contributed by atoms with Crippen LogP contribution in [0.2, 0.25) is 0 Å². The van der Waals surface area contributed by atoms with E-state index in [9.17, 15) is 13.2 Å². The van der Waals surface area contributed by atoms with Crippen LogP contribution in [0.3, 0.4) is 0 Å². The third-order valence-corrected chi connectivity index (χ3v) is 4.32. The number of aromatic amines is 1. The fourth-order valence-corrected chi connectivity index (χ4v) is 3.10. The fraction of sp³-hybridized carbons (Fsp3) is 0.100. The van der Waals surface area contributed by atoms with Gasteiger partial charge in [-0.15, -0.1) is 17.0 Å². The topological polar surface area (TPSA) is 19.0 Å². The van der Waals surface area contributed by atoms with E-state index in [2.05, 4.69) is 4.98 Å². The molecule has 0 aliphatic carbocycles. The summed E-state index contributed by atoms with van der Waals surface area (Å²) in [6.45, 7) is 0.962. The van der Waals surface area contributed by atoms with Gasteiger partial charge < -0.3 is 9.88 Å². The van der Waals surface area contributed by atoms with Crippen molar-refractivity contribution in [1.82, 2.24) is 9.88 Å². The van der Waals surface area contributed by atoms with Crippen LogP contribution in [0.5, 0.6) is 0 Å². The molecule has 1 N–H and O–H groups in total. The van der Waals surface area contributed by atoms with Crippen molar-refractivity contribution in [2.45, 2.75) is 13.1 Å². The van der Waals surface area contributed by atoms with Gasteiger partial charge >= 0.3 is 0 Å². The average molecular weight is 421 g/mol. The quantitative estimate of drug-likeness (QED) is 0.578. The summed E-state index contributed by atoms with van der Waals surface area (Å²) < 4.78 is 42.8. The number of halogens is 4. The minimum atomic E-state index is -0.789. The lowest BCUT2D eigenvalue weighted by molar-refractivity contribution is 0.353. The maximum Gasteiger partial charge on any atom is 0.154 e. The van der Waals surface area contributed by atoms with E-state index < -0.39 is 17.5 Å². The van der Waals surface area contributed by atoms with Crippen LogP contribution in [-0.4, -0.2) is 9.88 Å². The van der Waals surface area contributed by atoms with Crippen molar-refractivity contribution in [2.75, 3.05) is 0 Å². The van der Waals surface area contributed by atoms with Gasteiger partial charge in [0.1, 0.15) is 11.6 Å². The summed E-state index contributed by atoms with van der Waals surface area (Å²) in [5.41, 5.74) is 1.55. The molecule has 0 saturated heterocycles. The van der Waals surface area contributed by atoms with Crippen molar-refractivity contribution in [3.8, 4) is 11.3 Å². The van der Waals surface area contributed by atoms with Crippen molar-refractivity contribution < 1.29 is 13.2 Å². The monoisotopic (exact) mass is 420 g/mol. The van der Waals surface area contributed by atoms with Crippen molar-refractivity contribution in [2.24, 2.45) is 0 Å². The maximum atomic E-state index is 14.8. The van der Waals surface area contributed by atoms with Crippen LogP contribution in [0.1, 0.15) is 16.8 Å². The van der Waals surface area contributed by atoms with E-state index >= 15 is 0 Å². The highest BCUT2D eigenvalue weighted by Crippen LogP contribution is 2.33. The molecular weight excluding hydrogens is 405 g/mol. The van der Waals surface area contributed by atoms with Gasteiger partial charge in [-0.05, 0) is 23.8 Å². The smallest absolute Gasteiger partial charge is 0.154 e. The first-order chi connectivity index (χ1) is 12.1. The Morgan fingerprint density at radius 3 is 2.31 bits per heavy atom. The first kappa shape index (κ1) is 18.3. The predicted molar refractivity (Wildman–Crippen MR) is 101 cm³/mol. The summed E-state index contributed by atoms with van der Waals surface area (Å²) in [5.74, 6) is -2.19. The molecule has 4 rings (SSSR count). The van der Waals surface area contributed by atoms with E-state index in [0.29, 0.717) is 24.3 Å². The lowest BCUT2D eigenvalue weighted by atomic mass is 10.1. The van der Waals surface area contributed by atoms with Crippen molar-refractivity contribution in [1.29, 1.82) is 0 Å². The van der Waals surface area contributed by atoms with E-state index in [1.165, 1.54) is 6.07 Å². The zero-order valence-corrected chi connectivity index (χ0v) is 15.4. The number of nitrogens with one attached hydrogen (secondary N) is 1. The highest BCUT2D eigenvalue weighted by molar-refractivity contribution is 8.93. The van der Waals surface area contributed by atoms with Gasteiger partial charge in [-0.2, -0.15) is 0 Å². The lowest BCUT2D eigenvalue weighted by Gasteiger charge is -2.23. The molecule has 0 unspecified atom stereocenters. The van der Waals surface area contributed by atoms with Gasteiger partial charge in [0.05, 0.1) is 11.3 Å². The van der Waals surface area contributed by atoms with Gasteiger partial charge in [0.2, 0.25) is 0 Å². The van der Waals surface area contributed by atoms with Gasteiger partial charge in [0.25, 0.3) is 0 Å². The minimum Gasteiger partial charge on any atom is -0.369 e. The molecule has 0 bridgehead atoms. The standard InChI is InChI=1S/C20H15F3N2.BrH/c21-15-7-4-8-16(22)18(15)20-19(23)14-12-25(10-9-17(14)24-20)11-13-5-2-1-3-6-13;/h1-10,24H,11-12H2;1H. The largest absolute Gasteiger partial charge is 0.369 e. The van der Waals surface area contributed by atoms with Crippen LogP contribution in [-0.2, 0) is 13.1 Å². The van der Waals surface area contributed by atoms with E-state index in [4.69, 9.17) is 0 Å². The first-order valence-electron chi connectivity index (χ1n) is 7.94. The second-order valence-electron chi connectivity index (χ2n) is 6.01. The van der Waals surface area contributed by atoms with Crippen molar-refractivity contribution in [3.63, 3.8) is 0 Å². The Kier molecular flexibility index (Phi) is 5.23. The second kappa shape index (κ2) is 7.41. The van der Waals surface area contributed by atoms with E-state index in [1.807, 2.05) is 41.4 Å². The summed E-state index contributed by atoms with van der Waals surface area (Å²) >= 11 is 0. The average Bonchev–Trinajstić information content (AvgIpc) is 2.92. The molecule has 2 nitrogen and oxygen atoms in total. The molecule has 3 aromatic rings. The Labute approximate surface area is 159 Å². The van der Waals surface area contributed by atoms with Gasteiger partial charge in [0.15, 0.2) is 5.82 Å². The molecule has 0 radical (unpaired) electrons. The molecule has 1 aromatic heterocycles. The molecule has 2 aromatic carbocycles. The number of H-pyrrole nitrogens is 1. The van der Waals surface area contributed by atoms with Gasteiger partial charge in [-0.3, -0.25) is 0 Å². The number of hydrogen-bond donors (Lipinski definition) is 1. The molecule has 0 amide bonds. The Morgan fingerprint density at radius 2 is 1.62 bits per heavy atom. The Morgan fingerprint density at radius 1 is 0.923 bits per heavy atom. The summed E-state index contributed by atoms with van der Waals surface area (Å²) in [5, 5.41) is 0. The predicted octanol–water partition coefficient (Wildman–Crippen LogP) is 5.66. The number of hydrogen-bond acceptors (Lipinski definition) is 1. The number of aromatic nitrogens is 1. The molecule has 0 saturated carbocycles. The highest BCUT2D eigenvalue weighted by Gasteiger charge is 2.25. The Hall–Kier alpha value is -2.47. The highest BCUT2D eigenvalue weighted by atomic mass is 79.9. The third-order valence-electron chi connectivity index (χ3n) is 4.32. The maximum absolute atomic E-state index is 14.8. The molecule has 26 heavy (non-hydrogen) atoms. The van der Waals surface area contributed by atoms with Crippen molar-refractivity contribution >= 4 is 23.1 Å². The van der Waals surface area contributed by atoms with Crippen LogP contribution < -0.4 is 0 Å². The summed E-state index contributed by atoms with van der Waals surface area (Å²) in [4.78, 5) is 4.77. The molecule has 1 aliphatic rings. The third kappa shape index (κ3) is 3.29. The normalized spacial score (nSPS) is 12.7. The molecule has 134 valence electrons. The Balaban J connectivity index is 0.00000196. The Bertz CT molecular complexity index is 931. The zero-order chi connectivity index (χ0) is 17.4. The SMILES string of the molecule is Br.Fc1cccc(F)c1-c1[nH]c2c(c1F)CN(Cc1ccccc1)C=C2. The van der Waals surface area contributed by atoms with E-state index in [0.717, 1.165) is 17.7 Å². The molecule has 0 atom stereocenters. The number of rotatable bonds is 3. The second-order valence-corrected chi connectivity index (χ2v) is 6.01. The molecule has 1 aliphatic heterocycles. The molecule has 2 heterocycles. The van der Waals surface area contributed by atoms with Crippen LogP contribution >= 0.6 is 17.0 Å². The van der Waals surface area contributed by atoms with Gasteiger partial charge in [-0.1, -0.05) is 36.4 Å². The summed E-state index contributed by atoms with van der Waals surface area (Å²) in [6, 6.07) is 13.3. The molecule has 0 spiro atoms. The van der Waals surface area contributed by atoms with Crippen LogP contribution in [0.25, 0.3) is 17.3 Å². The first-order valence-corrected chi connectivity index (χ1v) is 7.94. The van der Waals surface area contributed by atoms with Crippen molar-refractivity contribution in [3.05, 3.63) is 89.0 Å². The number of nitrogens with zero attached hydrogens (tertiary/aromatic N) is 1. The molecule has 0 fully saturated rings. The number of benzene rings is 2. The zero-order valence-electron chi connectivity index (χ0n) is 13.7. The molecule has 6 heteroatoms. The fourth-order valence-electron chi connectivity index (χ4n) is 3.10. The summed E-state index contributed by atoms with van der Waals surface area (Å²) in [6.07, 6.45) is 3.58. The lowest BCUT2D eigenvalue weighted by Crippen LogP contribution is -2.19. The van der Waals surface area contributed by atoms with Gasteiger partial charge in [0, 0.05) is 30.5 Å². The van der Waals surface area contributed by atoms with E-state index in [-0.39, 0.29) is 28.2 Å². The van der Waals surface area contributed by atoms with Crippen LogP contribution in [0.4, 0.5) is 13.2 Å². The van der Waals surface area contributed by atoms with E-state index in [1.54, 1.807) is 6.08 Å². The number of fused-ring (bicyclic) bond motifs is 1. The van der Waals surface area contributed by atoms with Crippen LogP contribution in [0.15, 0.2) is 54.7 Å². The molecular formula is C20H16BrF3N2. The minimum absolute atomic E-state index is 0. The van der Waals surface area contributed by atoms with Crippen LogP contribution in [0, 0.1) is 17.5 Å².